The van der Waals surface area contributed by atoms with E-state index in [0.717, 1.165) is 22.4 Å². The third kappa shape index (κ3) is 3.13. The molecule has 0 radical (unpaired) electrons. The number of para-hydroxylation sites is 1. The Morgan fingerprint density at radius 2 is 1.95 bits per heavy atom. The van der Waals surface area contributed by atoms with Crippen LogP contribution in [0.1, 0.15) is 22.3 Å². The number of nitrogen functional groups attached to an aromatic ring is 1. The topological polar surface area (TPSA) is 78.4 Å². The fraction of sp³-hybridized carbons (Fsp3) is 0.250. The molecule has 0 aliphatic carbocycles. The summed E-state index contributed by atoms with van der Waals surface area (Å²) in [5.74, 6) is 0.776. The Bertz CT molecular complexity index is 696. The molecular weight excluding hydrogens is 268 g/mol. The first-order chi connectivity index (χ1) is 9.90. The lowest BCUT2D eigenvalue weighted by Gasteiger charge is -2.13. The van der Waals surface area contributed by atoms with Crippen LogP contribution >= 0.6 is 0 Å². The van der Waals surface area contributed by atoms with Crippen molar-refractivity contribution in [2.45, 2.75) is 27.4 Å². The van der Waals surface area contributed by atoms with Gasteiger partial charge in [-0.05, 0) is 43.5 Å². The molecule has 0 atom stereocenters. The van der Waals surface area contributed by atoms with Gasteiger partial charge in [0.25, 0.3) is 5.69 Å². The van der Waals surface area contributed by atoms with Crippen LogP contribution < -0.4 is 10.5 Å². The van der Waals surface area contributed by atoms with Gasteiger partial charge < -0.3 is 10.5 Å². The van der Waals surface area contributed by atoms with Crippen molar-refractivity contribution >= 4 is 11.4 Å². The van der Waals surface area contributed by atoms with Crippen LogP contribution in [0.2, 0.25) is 0 Å². The molecule has 0 saturated heterocycles. The summed E-state index contributed by atoms with van der Waals surface area (Å²) < 4.78 is 5.80. The molecule has 2 aromatic carbocycles. The molecule has 0 spiro atoms. The molecule has 0 aromatic heterocycles. The van der Waals surface area contributed by atoms with Gasteiger partial charge in [-0.1, -0.05) is 18.2 Å². The van der Waals surface area contributed by atoms with Crippen molar-refractivity contribution in [1.82, 2.24) is 0 Å². The Hall–Kier alpha value is -2.56. The molecule has 21 heavy (non-hydrogen) atoms. The van der Waals surface area contributed by atoms with Crippen LogP contribution in [0.15, 0.2) is 30.3 Å². The molecule has 0 amide bonds. The lowest BCUT2D eigenvalue weighted by Crippen LogP contribution is -2.04. The van der Waals surface area contributed by atoms with Gasteiger partial charge in [0.05, 0.1) is 4.92 Å². The molecule has 0 bridgehead atoms. The number of hydrogen-bond donors (Lipinski definition) is 1. The number of anilines is 1. The Labute approximate surface area is 123 Å². The molecule has 2 N–H and O–H groups in total. The van der Waals surface area contributed by atoms with E-state index in [1.54, 1.807) is 12.1 Å². The zero-order valence-corrected chi connectivity index (χ0v) is 12.3. The van der Waals surface area contributed by atoms with Gasteiger partial charge in [0.1, 0.15) is 18.0 Å². The molecule has 2 aromatic rings. The Morgan fingerprint density at radius 3 is 2.62 bits per heavy atom. The number of nitro benzene ring substituents is 1. The molecule has 0 heterocycles. The predicted molar refractivity (Wildman–Crippen MR) is 82.5 cm³/mol. The van der Waals surface area contributed by atoms with Gasteiger partial charge in [0, 0.05) is 11.6 Å². The summed E-state index contributed by atoms with van der Waals surface area (Å²) in [6.07, 6.45) is 0. The van der Waals surface area contributed by atoms with Crippen molar-refractivity contribution in [3.8, 4) is 5.75 Å². The van der Waals surface area contributed by atoms with Crippen molar-refractivity contribution in [1.29, 1.82) is 0 Å². The van der Waals surface area contributed by atoms with Crippen LogP contribution in [0.4, 0.5) is 11.4 Å². The fourth-order valence-electron chi connectivity index (χ4n) is 2.19. The van der Waals surface area contributed by atoms with Crippen LogP contribution in [0.25, 0.3) is 0 Å². The van der Waals surface area contributed by atoms with Crippen LogP contribution in [0, 0.1) is 30.9 Å². The lowest BCUT2D eigenvalue weighted by atomic mass is 10.1. The maximum atomic E-state index is 10.9. The Kier molecular flexibility index (Phi) is 4.12. The summed E-state index contributed by atoms with van der Waals surface area (Å²) in [4.78, 5) is 10.4. The first-order valence-electron chi connectivity index (χ1n) is 6.62. The Morgan fingerprint density at radius 1 is 1.24 bits per heavy atom. The van der Waals surface area contributed by atoms with Crippen LogP contribution in [-0.4, -0.2) is 4.92 Å². The van der Waals surface area contributed by atoms with Crippen LogP contribution in [-0.2, 0) is 6.61 Å². The second kappa shape index (κ2) is 5.83. The third-order valence-corrected chi connectivity index (χ3v) is 3.52. The van der Waals surface area contributed by atoms with Gasteiger partial charge in [-0.3, -0.25) is 10.1 Å². The zero-order chi connectivity index (χ0) is 15.6. The highest BCUT2D eigenvalue weighted by molar-refractivity contribution is 5.62. The van der Waals surface area contributed by atoms with Gasteiger partial charge >= 0.3 is 0 Å². The summed E-state index contributed by atoms with van der Waals surface area (Å²) in [6.45, 7) is 6.22. The van der Waals surface area contributed by atoms with E-state index in [9.17, 15) is 10.1 Å². The number of benzene rings is 2. The molecule has 0 unspecified atom stereocenters. The number of ether oxygens (including phenoxy) is 1. The standard InChI is InChI=1S/C16H18N2O3/c1-10-7-11(2)12(3)15(8-10)21-9-13-5-4-6-14(16(13)17)18(19)20/h4-8H,9,17H2,1-3H3. The van der Waals surface area contributed by atoms with Gasteiger partial charge in [0.2, 0.25) is 0 Å². The van der Waals surface area contributed by atoms with E-state index in [-0.39, 0.29) is 18.0 Å². The summed E-state index contributed by atoms with van der Waals surface area (Å²) >= 11 is 0. The van der Waals surface area contributed by atoms with Gasteiger partial charge in [-0.15, -0.1) is 0 Å². The van der Waals surface area contributed by atoms with Crippen LogP contribution in [0.5, 0.6) is 5.75 Å². The molecular formula is C16H18N2O3. The first-order valence-corrected chi connectivity index (χ1v) is 6.62. The van der Waals surface area contributed by atoms with Crippen molar-refractivity contribution in [3.05, 3.63) is 62.7 Å². The van der Waals surface area contributed by atoms with Gasteiger partial charge in [0.15, 0.2) is 0 Å². The van der Waals surface area contributed by atoms with E-state index >= 15 is 0 Å². The van der Waals surface area contributed by atoms with Gasteiger partial charge in [-0.25, -0.2) is 0 Å². The number of aryl methyl sites for hydroxylation is 2. The fourth-order valence-corrected chi connectivity index (χ4v) is 2.19. The average Bonchev–Trinajstić information content (AvgIpc) is 2.42. The molecule has 2 rings (SSSR count). The highest BCUT2D eigenvalue weighted by Crippen LogP contribution is 2.28. The second-order valence-corrected chi connectivity index (χ2v) is 5.10. The zero-order valence-electron chi connectivity index (χ0n) is 12.3. The van der Waals surface area contributed by atoms with Crippen molar-refractivity contribution in [2.75, 3.05) is 5.73 Å². The summed E-state index contributed by atoms with van der Waals surface area (Å²) in [5, 5.41) is 10.9. The maximum Gasteiger partial charge on any atom is 0.292 e. The summed E-state index contributed by atoms with van der Waals surface area (Å²) in [7, 11) is 0. The molecule has 5 nitrogen and oxygen atoms in total. The first kappa shape index (κ1) is 14.8. The number of rotatable bonds is 4. The van der Waals surface area contributed by atoms with E-state index in [1.807, 2.05) is 26.8 Å². The second-order valence-electron chi connectivity index (χ2n) is 5.10. The average molecular weight is 286 g/mol. The quantitative estimate of drug-likeness (QED) is 0.528. The highest BCUT2D eigenvalue weighted by Gasteiger charge is 2.15. The van der Waals surface area contributed by atoms with E-state index in [1.165, 1.54) is 6.07 Å². The van der Waals surface area contributed by atoms with Crippen molar-refractivity contribution < 1.29 is 9.66 Å². The normalized spacial score (nSPS) is 10.4. The largest absolute Gasteiger partial charge is 0.489 e. The molecule has 0 fully saturated rings. The van der Waals surface area contributed by atoms with Crippen molar-refractivity contribution in [2.24, 2.45) is 0 Å². The summed E-state index contributed by atoms with van der Waals surface area (Å²) in [5.41, 5.74) is 9.83. The molecule has 0 saturated carbocycles. The lowest BCUT2D eigenvalue weighted by molar-refractivity contribution is -0.384. The number of hydrogen-bond acceptors (Lipinski definition) is 4. The summed E-state index contributed by atoms with van der Waals surface area (Å²) in [6, 6.07) is 8.78. The number of nitrogens with two attached hydrogens (primary N) is 1. The smallest absolute Gasteiger partial charge is 0.292 e. The maximum absolute atomic E-state index is 10.9. The predicted octanol–water partition coefficient (Wildman–Crippen LogP) is 3.68. The molecule has 0 aliphatic heterocycles. The Balaban J connectivity index is 2.25. The minimum absolute atomic E-state index is 0.0896. The molecule has 110 valence electrons. The van der Waals surface area contributed by atoms with E-state index in [4.69, 9.17) is 10.5 Å². The molecule has 5 heteroatoms. The number of nitrogens with zero attached hydrogens (tertiary/aromatic N) is 1. The monoisotopic (exact) mass is 286 g/mol. The minimum Gasteiger partial charge on any atom is -0.489 e. The minimum atomic E-state index is -0.485. The molecule has 0 aliphatic rings. The van der Waals surface area contributed by atoms with E-state index in [2.05, 4.69) is 6.07 Å². The highest BCUT2D eigenvalue weighted by atomic mass is 16.6. The number of nitro groups is 1. The van der Waals surface area contributed by atoms with Crippen LogP contribution in [0.3, 0.4) is 0 Å². The van der Waals surface area contributed by atoms with Crippen molar-refractivity contribution in [3.63, 3.8) is 0 Å². The van der Waals surface area contributed by atoms with Gasteiger partial charge in [-0.2, -0.15) is 0 Å². The SMILES string of the molecule is Cc1cc(C)c(C)c(OCc2cccc([N+](=O)[O-])c2N)c1. The van der Waals surface area contributed by atoms with E-state index < -0.39 is 4.92 Å². The van der Waals surface area contributed by atoms with E-state index in [0.29, 0.717) is 5.56 Å². The third-order valence-electron chi connectivity index (χ3n) is 3.52.